The number of nitrogens with one attached hydrogen (secondary N) is 3. The molecule has 0 bridgehead atoms. The molecular weight excluding hydrogens is 394 g/mol. The third-order valence-corrected chi connectivity index (χ3v) is 4.40. The maximum atomic E-state index is 11.8. The maximum absolute atomic E-state index is 11.8. The fraction of sp³-hybridized carbons (Fsp3) is 0.200. The van der Waals surface area contributed by atoms with E-state index in [2.05, 4.69) is 32.1 Å². The zero-order chi connectivity index (χ0) is 19.1. The van der Waals surface area contributed by atoms with Gasteiger partial charge >= 0.3 is 0 Å². The van der Waals surface area contributed by atoms with Gasteiger partial charge in [-0.2, -0.15) is 0 Å². The van der Waals surface area contributed by atoms with E-state index in [0.717, 1.165) is 32.4 Å². The highest BCUT2D eigenvalue weighted by atomic mass is 79.9. The van der Waals surface area contributed by atoms with Crippen LogP contribution in [0.15, 0.2) is 46.9 Å². The van der Waals surface area contributed by atoms with Crippen molar-refractivity contribution in [1.29, 1.82) is 0 Å². The first kappa shape index (κ1) is 19.7. The Labute approximate surface area is 162 Å². The number of halogens is 1. The van der Waals surface area contributed by atoms with E-state index in [1.807, 2.05) is 57.2 Å². The van der Waals surface area contributed by atoms with Crippen LogP contribution in [0.25, 0.3) is 6.08 Å². The van der Waals surface area contributed by atoms with Crippen LogP contribution in [0, 0.1) is 20.8 Å². The summed E-state index contributed by atoms with van der Waals surface area (Å²) in [4.78, 5) is 23.7. The summed E-state index contributed by atoms with van der Waals surface area (Å²) in [7, 11) is 0. The summed E-state index contributed by atoms with van der Waals surface area (Å²) in [6.45, 7) is 6.05. The summed E-state index contributed by atoms with van der Waals surface area (Å²) in [6.07, 6.45) is 3.05. The lowest BCUT2D eigenvalue weighted by molar-refractivity contribution is -0.125. The second-order valence-electron chi connectivity index (χ2n) is 6.07. The molecule has 0 aliphatic heterocycles. The van der Waals surface area contributed by atoms with Gasteiger partial charge in [0.2, 0.25) is 0 Å². The van der Waals surface area contributed by atoms with Crippen molar-refractivity contribution in [2.24, 2.45) is 0 Å². The van der Waals surface area contributed by atoms with Gasteiger partial charge in [0.15, 0.2) is 0 Å². The molecule has 2 rings (SSSR count). The quantitative estimate of drug-likeness (QED) is 0.515. The van der Waals surface area contributed by atoms with Gasteiger partial charge in [-0.25, -0.2) is 0 Å². The minimum atomic E-state index is -0.405. The number of aryl methyl sites for hydroxylation is 3. The van der Waals surface area contributed by atoms with Crippen LogP contribution in [-0.4, -0.2) is 18.4 Å². The molecule has 0 atom stereocenters. The molecule has 136 valence electrons. The summed E-state index contributed by atoms with van der Waals surface area (Å²) in [5.74, 6) is -0.736. The van der Waals surface area contributed by atoms with Crippen molar-refractivity contribution >= 4 is 39.5 Å². The number of hydrogen-bond donors (Lipinski definition) is 3. The van der Waals surface area contributed by atoms with Crippen molar-refractivity contribution in [3.05, 3.63) is 69.2 Å². The summed E-state index contributed by atoms with van der Waals surface area (Å²) in [5, 5.41) is 3.05. The van der Waals surface area contributed by atoms with Crippen LogP contribution in [0.2, 0.25) is 0 Å². The van der Waals surface area contributed by atoms with Crippen LogP contribution in [0.1, 0.15) is 22.3 Å². The van der Waals surface area contributed by atoms with Crippen LogP contribution in [0.5, 0.6) is 0 Å². The Morgan fingerprint density at radius 2 is 1.69 bits per heavy atom. The lowest BCUT2D eigenvalue weighted by Gasteiger charge is -2.10. The first-order valence-corrected chi connectivity index (χ1v) is 8.98. The van der Waals surface area contributed by atoms with E-state index >= 15 is 0 Å². The Bertz CT molecular complexity index is 847. The predicted octanol–water partition coefficient (Wildman–Crippen LogP) is 3.65. The third-order valence-electron chi connectivity index (χ3n) is 3.72. The molecule has 0 aliphatic carbocycles. The molecular formula is C20H22BrN3O2. The number of anilines is 1. The van der Waals surface area contributed by atoms with Gasteiger partial charge in [0.1, 0.15) is 0 Å². The Kier molecular flexibility index (Phi) is 6.97. The van der Waals surface area contributed by atoms with Gasteiger partial charge in [-0.1, -0.05) is 45.8 Å². The highest BCUT2D eigenvalue weighted by Crippen LogP contribution is 2.19. The monoisotopic (exact) mass is 415 g/mol. The molecule has 2 amide bonds. The Hall–Kier alpha value is -2.60. The Morgan fingerprint density at radius 3 is 2.38 bits per heavy atom. The van der Waals surface area contributed by atoms with Crippen LogP contribution < -0.4 is 16.2 Å². The fourth-order valence-corrected chi connectivity index (χ4v) is 2.96. The van der Waals surface area contributed by atoms with E-state index in [1.54, 1.807) is 6.08 Å². The van der Waals surface area contributed by atoms with E-state index in [0.29, 0.717) is 0 Å². The van der Waals surface area contributed by atoms with Crippen molar-refractivity contribution in [3.8, 4) is 0 Å². The summed E-state index contributed by atoms with van der Waals surface area (Å²) < 4.78 is 0.906. The molecule has 5 nitrogen and oxygen atoms in total. The molecule has 0 heterocycles. The van der Waals surface area contributed by atoms with E-state index in [1.165, 1.54) is 6.08 Å². The highest BCUT2D eigenvalue weighted by molar-refractivity contribution is 9.10. The number of hydrazine groups is 1. The van der Waals surface area contributed by atoms with Gasteiger partial charge < -0.3 is 5.32 Å². The molecule has 0 radical (unpaired) electrons. The van der Waals surface area contributed by atoms with Crippen LogP contribution in [0.4, 0.5) is 5.69 Å². The molecule has 0 saturated heterocycles. The van der Waals surface area contributed by atoms with Crippen molar-refractivity contribution in [3.63, 3.8) is 0 Å². The molecule has 0 aliphatic rings. The van der Waals surface area contributed by atoms with E-state index < -0.39 is 5.91 Å². The third kappa shape index (κ3) is 6.04. The SMILES string of the molecule is Cc1ccc(NCC(=O)NNC(=O)/C=C/c2ccc(C)cc2Br)c(C)c1. The van der Waals surface area contributed by atoms with Crippen molar-refractivity contribution in [2.45, 2.75) is 20.8 Å². The topological polar surface area (TPSA) is 70.2 Å². The number of rotatable bonds is 5. The first-order valence-electron chi connectivity index (χ1n) is 8.19. The van der Waals surface area contributed by atoms with Gasteiger partial charge in [-0.3, -0.25) is 20.4 Å². The first-order chi connectivity index (χ1) is 12.3. The average Bonchev–Trinajstić information content (AvgIpc) is 2.58. The highest BCUT2D eigenvalue weighted by Gasteiger charge is 2.04. The fourth-order valence-electron chi connectivity index (χ4n) is 2.34. The molecule has 26 heavy (non-hydrogen) atoms. The number of carbonyl (C=O) groups excluding carboxylic acids is 2. The molecule has 0 aromatic heterocycles. The summed E-state index contributed by atoms with van der Waals surface area (Å²) in [6, 6.07) is 11.8. The Morgan fingerprint density at radius 1 is 1.00 bits per heavy atom. The maximum Gasteiger partial charge on any atom is 0.262 e. The predicted molar refractivity (Wildman–Crippen MR) is 109 cm³/mol. The summed E-state index contributed by atoms with van der Waals surface area (Å²) in [5.41, 5.74) is 9.87. The lowest BCUT2D eigenvalue weighted by Crippen LogP contribution is -2.43. The molecule has 0 unspecified atom stereocenters. The average molecular weight is 416 g/mol. The molecule has 0 spiro atoms. The second-order valence-corrected chi connectivity index (χ2v) is 6.92. The zero-order valence-electron chi connectivity index (χ0n) is 15.0. The van der Waals surface area contributed by atoms with Gasteiger partial charge in [0, 0.05) is 16.2 Å². The standard InChI is InChI=1S/C20H22BrN3O2/c1-13-5-8-18(15(3)10-13)22-12-20(26)24-23-19(25)9-7-16-6-4-14(2)11-17(16)21/h4-11,22H,12H2,1-3H3,(H,23,25)(H,24,26)/b9-7+. The van der Waals surface area contributed by atoms with Crippen LogP contribution in [-0.2, 0) is 9.59 Å². The van der Waals surface area contributed by atoms with Crippen molar-refractivity contribution in [1.82, 2.24) is 10.9 Å². The molecule has 0 fully saturated rings. The number of benzene rings is 2. The van der Waals surface area contributed by atoms with E-state index in [4.69, 9.17) is 0 Å². The number of hydrogen-bond acceptors (Lipinski definition) is 3. The Balaban J connectivity index is 1.79. The van der Waals surface area contributed by atoms with Crippen LogP contribution in [0.3, 0.4) is 0 Å². The molecule has 3 N–H and O–H groups in total. The molecule has 6 heteroatoms. The van der Waals surface area contributed by atoms with Gasteiger partial charge in [-0.15, -0.1) is 0 Å². The van der Waals surface area contributed by atoms with Crippen LogP contribution >= 0.6 is 15.9 Å². The lowest BCUT2D eigenvalue weighted by atomic mass is 10.1. The van der Waals surface area contributed by atoms with E-state index in [9.17, 15) is 9.59 Å². The van der Waals surface area contributed by atoms with Gasteiger partial charge in [0.25, 0.3) is 11.8 Å². The van der Waals surface area contributed by atoms with Gasteiger partial charge in [0.05, 0.1) is 6.54 Å². The minimum Gasteiger partial charge on any atom is -0.376 e. The number of carbonyl (C=O) groups is 2. The molecule has 2 aromatic rings. The molecule has 0 saturated carbocycles. The molecule has 2 aromatic carbocycles. The zero-order valence-corrected chi connectivity index (χ0v) is 16.6. The summed E-state index contributed by atoms with van der Waals surface area (Å²) >= 11 is 3.45. The van der Waals surface area contributed by atoms with Gasteiger partial charge in [-0.05, 0) is 55.7 Å². The normalized spacial score (nSPS) is 10.6. The second kappa shape index (κ2) is 9.20. The van der Waals surface area contributed by atoms with Crippen molar-refractivity contribution < 1.29 is 9.59 Å². The van der Waals surface area contributed by atoms with E-state index in [-0.39, 0.29) is 12.5 Å². The number of amides is 2. The van der Waals surface area contributed by atoms with Crippen molar-refractivity contribution in [2.75, 3.05) is 11.9 Å². The largest absolute Gasteiger partial charge is 0.376 e. The smallest absolute Gasteiger partial charge is 0.262 e. The minimum absolute atomic E-state index is 0.0669.